The monoisotopic (exact) mass is 458 g/mol. The Morgan fingerprint density at radius 3 is 2.79 bits per heavy atom. The van der Waals surface area contributed by atoms with Crippen LogP contribution in [0.3, 0.4) is 0 Å². The van der Waals surface area contributed by atoms with E-state index in [0.29, 0.717) is 37.9 Å². The van der Waals surface area contributed by atoms with Gasteiger partial charge in [-0.05, 0) is 70.1 Å². The van der Waals surface area contributed by atoms with E-state index in [1.807, 2.05) is 32.0 Å². The van der Waals surface area contributed by atoms with Crippen LogP contribution in [0.25, 0.3) is 0 Å². The summed E-state index contributed by atoms with van der Waals surface area (Å²) >= 11 is 0. The number of likely N-dealkylation sites (tertiary alicyclic amines) is 1. The van der Waals surface area contributed by atoms with Crippen molar-refractivity contribution in [3.63, 3.8) is 0 Å². The zero-order valence-electron chi connectivity index (χ0n) is 19.6. The number of rotatable bonds is 9. The number of carbonyl (C=O) groups excluding carboxylic acids is 3. The summed E-state index contributed by atoms with van der Waals surface area (Å²) in [6, 6.07) is 5.04. The summed E-state index contributed by atoms with van der Waals surface area (Å²) < 4.78 is 11.6. The van der Waals surface area contributed by atoms with Crippen LogP contribution in [0.2, 0.25) is 0 Å². The lowest BCUT2D eigenvalue weighted by Gasteiger charge is -2.33. The van der Waals surface area contributed by atoms with Gasteiger partial charge < -0.3 is 24.8 Å². The molecule has 3 saturated heterocycles. The number of esters is 1. The van der Waals surface area contributed by atoms with E-state index in [4.69, 9.17) is 14.6 Å². The van der Waals surface area contributed by atoms with Crippen molar-refractivity contribution in [3.8, 4) is 0 Å². The van der Waals surface area contributed by atoms with Gasteiger partial charge in [0.1, 0.15) is 11.6 Å². The molecule has 0 radical (unpaired) electrons. The fraction of sp³-hybridized carbons (Fsp3) is 0.640. The molecule has 33 heavy (non-hydrogen) atoms. The first-order chi connectivity index (χ1) is 15.8. The van der Waals surface area contributed by atoms with E-state index < -0.39 is 35.6 Å². The molecule has 180 valence electrons. The van der Waals surface area contributed by atoms with Crippen molar-refractivity contribution in [3.05, 3.63) is 29.3 Å². The zero-order chi connectivity index (χ0) is 23.8. The topological polar surface area (TPSA) is 105 Å². The lowest BCUT2D eigenvalue weighted by Crippen LogP contribution is -2.53. The molecule has 0 saturated carbocycles. The number of amides is 2. The van der Waals surface area contributed by atoms with E-state index in [1.54, 1.807) is 11.8 Å². The second kappa shape index (κ2) is 9.43. The van der Waals surface area contributed by atoms with Gasteiger partial charge in [-0.3, -0.25) is 14.4 Å². The Morgan fingerprint density at radius 1 is 1.27 bits per heavy atom. The third-order valence-corrected chi connectivity index (χ3v) is 7.32. The van der Waals surface area contributed by atoms with Crippen LogP contribution >= 0.6 is 0 Å². The normalized spacial score (nSPS) is 29.9. The molecule has 0 unspecified atom stereocenters. The van der Waals surface area contributed by atoms with Gasteiger partial charge in [-0.2, -0.15) is 0 Å². The van der Waals surface area contributed by atoms with Crippen molar-refractivity contribution in [2.75, 3.05) is 25.1 Å². The number of unbranched alkanes of at least 4 members (excludes halogenated alkanes) is 2. The molecule has 1 aromatic carbocycles. The number of nitrogens with one attached hydrogen (secondary N) is 1. The van der Waals surface area contributed by atoms with Gasteiger partial charge in [0, 0.05) is 18.8 Å². The minimum absolute atomic E-state index is 0.0901. The van der Waals surface area contributed by atoms with E-state index in [-0.39, 0.29) is 25.0 Å². The van der Waals surface area contributed by atoms with Crippen molar-refractivity contribution in [2.24, 2.45) is 11.8 Å². The molecule has 3 aliphatic heterocycles. The Hall–Kier alpha value is -2.45. The molecule has 8 nitrogen and oxygen atoms in total. The van der Waals surface area contributed by atoms with Gasteiger partial charge in [0.2, 0.25) is 11.8 Å². The number of benzene rings is 1. The van der Waals surface area contributed by atoms with E-state index in [0.717, 1.165) is 17.5 Å². The van der Waals surface area contributed by atoms with Crippen LogP contribution in [-0.2, 0) is 23.9 Å². The van der Waals surface area contributed by atoms with Crippen LogP contribution in [-0.4, -0.2) is 65.3 Å². The Bertz CT molecular complexity index is 933. The summed E-state index contributed by atoms with van der Waals surface area (Å²) in [7, 11) is 0. The minimum atomic E-state index is -1.02. The van der Waals surface area contributed by atoms with Crippen molar-refractivity contribution < 1.29 is 29.0 Å². The highest BCUT2D eigenvalue weighted by Gasteiger charge is 2.74. The van der Waals surface area contributed by atoms with Crippen LogP contribution in [0.4, 0.5) is 5.69 Å². The molecule has 4 rings (SSSR count). The molecule has 1 spiro atoms. The van der Waals surface area contributed by atoms with Crippen molar-refractivity contribution in [1.82, 2.24) is 4.90 Å². The van der Waals surface area contributed by atoms with Crippen LogP contribution in [0.15, 0.2) is 18.2 Å². The molecule has 3 aliphatic rings. The average molecular weight is 459 g/mol. The first-order valence-electron chi connectivity index (χ1n) is 12.0. The van der Waals surface area contributed by atoms with Gasteiger partial charge in [-0.15, -0.1) is 0 Å². The highest BCUT2D eigenvalue weighted by atomic mass is 16.6. The number of carbonyl (C=O) groups is 3. The van der Waals surface area contributed by atoms with Gasteiger partial charge in [0.25, 0.3) is 0 Å². The molecule has 5 atom stereocenters. The second-order valence-corrected chi connectivity index (χ2v) is 9.43. The molecule has 2 N–H and O–H groups in total. The van der Waals surface area contributed by atoms with Crippen LogP contribution in [0.5, 0.6) is 0 Å². The zero-order valence-corrected chi connectivity index (χ0v) is 19.6. The van der Waals surface area contributed by atoms with Gasteiger partial charge in [0.15, 0.2) is 0 Å². The summed E-state index contributed by atoms with van der Waals surface area (Å²) in [5, 5.41) is 12.1. The molecule has 2 bridgehead atoms. The highest BCUT2D eigenvalue weighted by Crippen LogP contribution is 2.58. The molecule has 8 heteroatoms. The number of aryl methyl sites for hydroxylation is 2. The molecular formula is C25H34N2O6. The fourth-order valence-electron chi connectivity index (χ4n) is 5.84. The minimum Gasteiger partial charge on any atom is -0.466 e. The van der Waals surface area contributed by atoms with Gasteiger partial charge in [-0.1, -0.05) is 12.1 Å². The van der Waals surface area contributed by atoms with E-state index in [9.17, 15) is 14.4 Å². The lowest BCUT2D eigenvalue weighted by atomic mass is 9.70. The third-order valence-electron chi connectivity index (χ3n) is 7.32. The van der Waals surface area contributed by atoms with Crippen molar-refractivity contribution in [1.29, 1.82) is 0 Å². The fourth-order valence-corrected chi connectivity index (χ4v) is 5.84. The van der Waals surface area contributed by atoms with Crippen molar-refractivity contribution >= 4 is 23.5 Å². The quantitative estimate of drug-likeness (QED) is 0.435. The molecule has 3 heterocycles. The Labute approximate surface area is 194 Å². The summed E-state index contributed by atoms with van der Waals surface area (Å²) in [5.41, 5.74) is 1.65. The number of anilines is 1. The number of aliphatic hydroxyl groups is 1. The molecule has 3 fully saturated rings. The number of hydrogen-bond acceptors (Lipinski definition) is 6. The summed E-state index contributed by atoms with van der Waals surface area (Å²) in [6.45, 7) is 6.33. The van der Waals surface area contributed by atoms with Crippen LogP contribution in [0.1, 0.15) is 50.2 Å². The van der Waals surface area contributed by atoms with Crippen LogP contribution < -0.4 is 5.32 Å². The molecule has 1 aromatic rings. The molecule has 0 aliphatic carbocycles. The summed E-state index contributed by atoms with van der Waals surface area (Å²) in [5.74, 6) is -2.29. The number of ether oxygens (including phenoxy) is 2. The predicted molar refractivity (Wildman–Crippen MR) is 121 cm³/mol. The predicted octanol–water partition coefficient (Wildman–Crippen LogP) is 2.34. The smallest absolute Gasteiger partial charge is 0.312 e. The van der Waals surface area contributed by atoms with Gasteiger partial charge in [0.05, 0.1) is 24.5 Å². The van der Waals surface area contributed by atoms with E-state index in [1.165, 1.54) is 0 Å². The Balaban J connectivity index is 1.66. The maximum absolute atomic E-state index is 13.7. The van der Waals surface area contributed by atoms with Gasteiger partial charge >= 0.3 is 5.97 Å². The first kappa shape index (κ1) is 23.7. The average Bonchev–Trinajstić information content (AvgIpc) is 3.41. The lowest BCUT2D eigenvalue weighted by molar-refractivity contribution is -0.154. The maximum Gasteiger partial charge on any atom is 0.312 e. The van der Waals surface area contributed by atoms with Gasteiger partial charge in [-0.25, -0.2) is 0 Å². The number of hydrogen-bond donors (Lipinski definition) is 2. The van der Waals surface area contributed by atoms with E-state index >= 15 is 0 Å². The third kappa shape index (κ3) is 4.04. The van der Waals surface area contributed by atoms with Crippen LogP contribution in [0, 0.1) is 25.7 Å². The summed E-state index contributed by atoms with van der Waals surface area (Å²) in [4.78, 5) is 41.7. The Kier molecular flexibility index (Phi) is 6.77. The summed E-state index contributed by atoms with van der Waals surface area (Å²) in [6.07, 6.45) is 2.83. The highest BCUT2D eigenvalue weighted by molar-refractivity contribution is 6.03. The number of aliphatic hydroxyl groups excluding tert-OH is 1. The number of nitrogens with zero attached hydrogens (tertiary/aromatic N) is 1. The largest absolute Gasteiger partial charge is 0.466 e. The van der Waals surface area contributed by atoms with Crippen molar-refractivity contribution in [2.45, 2.75) is 70.6 Å². The second-order valence-electron chi connectivity index (χ2n) is 9.43. The Morgan fingerprint density at radius 2 is 2.06 bits per heavy atom. The standard InChI is InChI=1S/C25H34N2O6/c1-4-32-24(31)19-18-10-11-25(33-18)20(19)23(30)27(12-6-5-7-13-28)21(25)22(29)26-17-14-15(2)8-9-16(17)3/h8-9,14,18-21,28H,4-7,10-13H2,1-3H3,(H,26,29)/t18-,19+,20+,21-,25+/m1/s1. The molecule has 2 amide bonds. The molecular weight excluding hydrogens is 424 g/mol. The number of fused-ring (bicyclic) bond motifs is 1. The maximum atomic E-state index is 13.7. The first-order valence-corrected chi connectivity index (χ1v) is 12.0. The SMILES string of the molecule is CCOC(=O)[C@@H]1[C@H]2C(=O)N(CCCCCO)[C@H](C(=O)Nc3cc(C)ccc3C)[C@]23CC[C@H]1O3. The van der Waals surface area contributed by atoms with E-state index in [2.05, 4.69) is 5.32 Å². The molecule has 0 aromatic heterocycles.